The van der Waals surface area contributed by atoms with Crippen LogP contribution in [0, 0.1) is 0 Å². The van der Waals surface area contributed by atoms with Crippen LogP contribution in [0.3, 0.4) is 0 Å². The molecule has 0 atom stereocenters. The fourth-order valence-corrected chi connectivity index (χ4v) is 2.47. The molecule has 0 saturated carbocycles. The molecule has 0 spiro atoms. The van der Waals surface area contributed by atoms with Gasteiger partial charge < -0.3 is 15.0 Å². The molecule has 3 rings (SSSR count). The molecule has 0 unspecified atom stereocenters. The number of hydrogen-bond donors (Lipinski definition) is 1. The third kappa shape index (κ3) is 2.25. The lowest BCUT2D eigenvalue weighted by molar-refractivity contribution is 0.109. The summed E-state index contributed by atoms with van der Waals surface area (Å²) in [6, 6.07) is 0. The van der Waals surface area contributed by atoms with E-state index in [9.17, 15) is 0 Å². The molecular formula is C12H18N4O. The van der Waals surface area contributed by atoms with E-state index in [1.54, 1.807) is 6.33 Å². The van der Waals surface area contributed by atoms with Crippen molar-refractivity contribution in [2.45, 2.75) is 19.4 Å². The second-order valence-corrected chi connectivity index (χ2v) is 4.52. The van der Waals surface area contributed by atoms with Gasteiger partial charge in [0.15, 0.2) is 0 Å². The SMILES string of the molecule is c1nc2c(c(N3CCCNCC3)n1)COCC2. The highest BCUT2D eigenvalue weighted by Crippen LogP contribution is 2.24. The Labute approximate surface area is 101 Å². The molecule has 0 aliphatic carbocycles. The third-order valence-electron chi connectivity index (χ3n) is 3.38. The van der Waals surface area contributed by atoms with Gasteiger partial charge in [-0.05, 0) is 13.0 Å². The monoisotopic (exact) mass is 234 g/mol. The van der Waals surface area contributed by atoms with Crippen molar-refractivity contribution in [2.75, 3.05) is 37.7 Å². The molecule has 1 saturated heterocycles. The number of rotatable bonds is 1. The molecule has 0 amide bonds. The van der Waals surface area contributed by atoms with Crippen molar-refractivity contribution in [1.82, 2.24) is 15.3 Å². The molecule has 0 radical (unpaired) electrons. The number of anilines is 1. The van der Waals surface area contributed by atoms with Crippen molar-refractivity contribution in [3.8, 4) is 0 Å². The molecule has 5 heteroatoms. The Balaban J connectivity index is 1.90. The van der Waals surface area contributed by atoms with E-state index in [2.05, 4.69) is 20.2 Å². The summed E-state index contributed by atoms with van der Waals surface area (Å²) in [7, 11) is 0. The fraction of sp³-hybridized carbons (Fsp3) is 0.667. The molecule has 5 nitrogen and oxygen atoms in total. The molecule has 0 bridgehead atoms. The number of nitrogens with zero attached hydrogens (tertiary/aromatic N) is 3. The Morgan fingerprint density at radius 3 is 3.24 bits per heavy atom. The van der Waals surface area contributed by atoms with Crippen molar-refractivity contribution in [3.63, 3.8) is 0 Å². The summed E-state index contributed by atoms with van der Waals surface area (Å²) in [5.41, 5.74) is 2.36. The smallest absolute Gasteiger partial charge is 0.137 e. The molecule has 17 heavy (non-hydrogen) atoms. The van der Waals surface area contributed by atoms with Gasteiger partial charge in [-0.1, -0.05) is 0 Å². The van der Waals surface area contributed by atoms with Crippen LogP contribution in [0.4, 0.5) is 5.82 Å². The summed E-state index contributed by atoms with van der Waals surface area (Å²) < 4.78 is 5.54. The number of nitrogens with one attached hydrogen (secondary N) is 1. The van der Waals surface area contributed by atoms with Gasteiger partial charge in [0.25, 0.3) is 0 Å². The number of ether oxygens (including phenoxy) is 1. The Morgan fingerprint density at radius 2 is 2.24 bits per heavy atom. The summed E-state index contributed by atoms with van der Waals surface area (Å²) in [6.07, 6.45) is 3.77. The maximum atomic E-state index is 5.54. The van der Waals surface area contributed by atoms with Crippen LogP contribution in [0.5, 0.6) is 0 Å². The van der Waals surface area contributed by atoms with Gasteiger partial charge in [-0.25, -0.2) is 9.97 Å². The lowest BCUT2D eigenvalue weighted by Gasteiger charge is -2.26. The van der Waals surface area contributed by atoms with E-state index >= 15 is 0 Å². The zero-order valence-electron chi connectivity index (χ0n) is 9.98. The highest BCUT2D eigenvalue weighted by Gasteiger charge is 2.20. The Morgan fingerprint density at radius 1 is 1.24 bits per heavy atom. The first-order valence-electron chi connectivity index (χ1n) is 6.31. The Hall–Kier alpha value is -1.20. The quantitative estimate of drug-likeness (QED) is 0.760. The lowest BCUT2D eigenvalue weighted by Crippen LogP contribution is -2.31. The van der Waals surface area contributed by atoms with E-state index in [0.717, 1.165) is 45.0 Å². The summed E-state index contributed by atoms with van der Waals surface area (Å²) >= 11 is 0. The Bertz CT molecular complexity index is 388. The lowest BCUT2D eigenvalue weighted by atomic mass is 10.1. The van der Waals surface area contributed by atoms with Gasteiger partial charge >= 0.3 is 0 Å². The van der Waals surface area contributed by atoms with Crippen LogP contribution < -0.4 is 10.2 Å². The highest BCUT2D eigenvalue weighted by molar-refractivity contribution is 5.49. The highest BCUT2D eigenvalue weighted by atomic mass is 16.5. The molecule has 2 aliphatic heterocycles. The molecular weight excluding hydrogens is 216 g/mol. The maximum absolute atomic E-state index is 5.54. The minimum atomic E-state index is 0.662. The summed E-state index contributed by atoms with van der Waals surface area (Å²) in [4.78, 5) is 11.2. The van der Waals surface area contributed by atoms with Gasteiger partial charge in [-0.15, -0.1) is 0 Å². The zero-order chi connectivity index (χ0) is 11.5. The van der Waals surface area contributed by atoms with Crippen molar-refractivity contribution in [3.05, 3.63) is 17.6 Å². The topological polar surface area (TPSA) is 50.3 Å². The van der Waals surface area contributed by atoms with Gasteiger partial charge in [0.1, 0.15) is 12.1 Å². The normalized spacial score (nSPS) is 20.8. The van der Waals surface area contributed by atoms with Crippen LogP contribution in [0.15, 0.2) is 6.33 Å². The summed E-state index contributed by atoms with van der Waals surface area (Å²) in [5, 5.41) is 3.41. The van der Waals surface area contributed by atoms with Gasteiger partial charge in [-0.3, -0.25) is 0 Å². The van der Waals surface area contributed by atoms with E-state index in [4.69, 9.17) is 4.74 Å². The van der Waals surface area contributed by atoms with E-state index in [0.29, 0.717) is 6.61 Å². The summed E-state index contributed by atoms with van der Waals surface area (Å²) in [5.74, 6) is 1.08. The molecule has 92 valence electrons. The molecule has 1 N–H and O–H groups in total. The molecule has 1 fully saturated rings. The van der Waals surface area contributed by atoms with Gasteiger partial charge in [0.2, 0.25) is 0 Å². The maximum Gasteiger partial charge on any atom is 0.137 e. The van der Waals surface area contributed by atoms with E-state index < -0.39 is 0 Å². The van der Waals surface area contributed by atoms with Crippen molar-refractivity contribution < 1.29 is 4.74 Å². The van der Waals surface area contributed by atoms with Crippen LogP contribution in [0.1, 0.15) is 17.7 Å². The van der Waals surface area contributed by atoms with E-state index in [-0.39, 0.29) is 0 Å². The second kappa shape index (κ2) is 4.98. The first kappa shape index (κ1) is 10.9. The van der Waals surface area contributed by atoms with Crippen molar-refractivity contribution in [2.24, 2.45) is 0 Å². The van der Waals surface area contributed by atoms with Crippen LogP contribution in [0.25, 0.3) is 0 Å². The van der Waals surface area contributed by atoms with Gasteiger partial charge in [-0.2, -0.15) is 0 Å². The fourth-order valence-electron chi connectivity index (χ4n) is 2.47. The third-order valence-corrected chi connectivity index (χ3v) is 3.38. The summed E-state index contributed by atoms with van der Waals surface area (Å²) in [6.45, 7) is 5.65. The number of hydrogen-bond acceptors (Lipinski definition) is 5. The van der Waals surface area contributed by atoms with Gasteiger partial charge in [0.05, 0.1) is 18.9 Å². The predicted molar refractivity (Wildman–Crippen MR) is 65.1 cm³/mol. The average molecular weight is 234 g/mol. The standard InChI is InChI=1S/C12H18N4O/c1-3-13-4-6-16(5-1)12-10-8-17-7-2-11(10)14-9-15-12/h9,13H,1-8H2. The van der Waals surface area contributed by atoms with Gasteiger partial charge in [0, 0.05) is 31.6 Å². The first-order valence-corrected chi connectivity index (χ1v) is 6.31. The molecule has 3 heterocycles. The van der Waals surface area contributed by atoms with Crippen molar-refractivity contribution >= 4 is 5.82 Å². The molecule has 1 aromatic heterocycles. The largest absolute Gasteiger partial charge is 0.376 e. The van der Waals surface area contributed by atoms with Crippen molar-refractivity contribution in [1.29, 1.82) is 0 Å². The van der Waals surface area contributed by atoms with Crippen LogP contribution in [-0.2, 0) is 17.8 Å². The number of fused-ring (bicyclic) bond motifs is 1. The zero-order valence-corrected chi connectivity index (χ0v) is 9.98. The predicted octanol–water partition coefficient (Wildman–Crippen LogP) is 0.349. The minimum Gasteiger partial charge on any atom is -0.376 e. The number of aromatic nitrogens is 2. The van der Waals surface area contributed by atoms with Crippen LogP contribution in [0.2, 0.25) is 0 Å². The molecule has 2 aliphatic rings. The second-order valence-electron chi connectivity index (χ2n) is 4.52. The van der Waals surface area contributed by atoms with Crippen LogP contribution >= 0.6 is 0 Å². The molecule has 1 aromatic rings. The first-order chi connectivity index (χ1) is 8.45. The average Bonchev–Trinajstić information content (AvgIpc) is 2.67. The molecule has 0 aromatic carbocycles. The minimum absolute atomic E-state index is 0.662. The Kier molecular flexibility index (Phi) is 3.20. The van der Waals surface area contributed by atoms with Crippen LogP contribution in [-0.4, -0.2) is 42.8 Å². The van der Waals surface area contributed by atoms with E-state index in [1.165, 1.54) is 17.7 Å². The van der Waals surface area contributed by atoms with E-state index in [1.807, 2.05) is 0 Å².